The van der Waals surface area contributed by atoms with Crippen molar-refractivity contribution in [1.82, 2.24) is 25.3 Å². The Morgan fingerprint density at radius 1 is 1.04 bits per heavy atom. The fourth-order valence-corrected chi connectivity index (χ4v) is 6.34. The summed E-state index contributed by atoms with van der Waals surface area (Å²) in [6.45, 7) is 0.673. The van der Waals surface area contributed by atoms with Gasteiger partial charge in [0.2, 0.25) is 5.91 Å². The van der Waals surface area contributed by atoms with Gasteiger partial charge in [-0.25, -0.2) is 19.2 Å². The number of anilines is 1. The molecular formula is C28H33N8NaO13S. The van der Waals surface area contributed by atoms with Crippen LogP contribution < -0.4 is 57.0 Å². The molecule has 0 bridgehead atoms. The maximum atomic E-state index is 13.7. The number of imide groups is 1. The number of carboxylic acids is 2. The summed E-state index contributed by atoms with van der Waals surface area (Å²) in [5.74, 6) is -6.66. The molecule has 1 aromatic carbocycles. The number of rotatable bonds is 12. The van der Waals surface area contributed by atoms with Crippen LogP contribution >= 0.6 is 11.8 Å². The molecule has 2 saturated heterocycles. The Balaban J connectivity index is 0.00000468. The van der Waals surface area contributed by atoms with Crippen LogP contribution in [0.1, 0.15) is 20.0 Å². The van der Waals surface area contributed by atoms with Crippen LogP contribution in [0.2, 0.25) is 0 Å². The van der Waals surface area contributed by atoms with Gasteiger partial charge in [0.1, 0.15) is 42.4 Å². The summed E-state index contributed by atoms with van der Waals surface area (Å²) in [5.41, 5.74) is 10.2. The first-order valence-electron chi connectivity index (χ1n) is 14.7. The number of urea groups is 1. The van der Waals surface area contributed by atoms with Crippen LogP contribution in [-0.2, 0) is 38.2 Å². The number of primary amides is 1. The minimum absolute atomic E-state index is 0. The van der Waals surface area contributed by atoms with E-state index >= 15 is 0 Å². The molecule has 4 rings (SSSR count). The molecule has 0 radical (unpaired) electrons. The summed E-state index contributed by atoms with van der Waals surface area (Å²) in [6.07, 6.45) is -2.19. The van der Waals surface area contributed by atoms with E-state index in [0.29, 0.717) is 4.90 Å². The molecule has 0 aromatic heterocycles. The van der Waals surface area contributed by atoms with E-state index in [1.807, 2.05) is 0 Å². The number of nitrogens with zero attached hydrogens (tertiary/aromatic N) is 3. The average molecular weight is 745 g/mol. The van der Waals surface area contributed by atoms with E-state index in [0.717, 1.165) is 16.7 Å². The molecule has 0 spiro atoms. The third-order valence-corrected chi connectivity index (χ3v) is 8.94. The Kier molecular flexibility index (Phi) is 13.8. The number of ether oxygens (including phenoxy) is 2. The monoisotopic (exact) mass is 744 g/mol. The molecule has 0 aliphatic carbocycles. The number of carbonyl (C=O) groups excluding carboxylic acids is 7. The Labute approximate surface area is 316 Å². The molecule has 0 unspecified atom stereocenters. The molecule has 8 amide bonds. The summed E-state index contributed by atoms with van der Waals surface area (Å²) < 4.78 is 9.46. The van der Waals surface area contributed by atoms with Crippen molar-refractivity contribution < 1.29 is 93.8 Å². The van der Waals surface area contributed by atoms with E-state index < -0.39 is 96.2 Å². The second-order valence-electron chi connectivity index (χ2n) is 10.8. The molecule has 4 atom stereocenters. The van der Waals surface area contributed by atoms with Crippen LogP contribution in [0.25, 0.3) is 0 Å². The Hall–Kier alpha value is -4.90. The van der Waals surface area contributed by atoms with Crippen LogP contribution in [0.4, 0.5) is 20.1 Å². The van der Waals surface area contributed by atoms with Crippen molar-refractivity contribution in [3.05, 3.63) is 41.1 Å². The van der Waals surface area contributed by atoms with Gasteiger partial charge in [-0.2, -0.15) is 0 Å². The molecule has 1 aromatic rings. The molecule has 9 N–H and O–H groups in total. The van der Waals surface area contributed by atoms with Crippen molar-refractivity contribution >= 4 is 71.2 Å². The number of thioether (sulfide) groups is 1. The number of hydrogen-bond donors (Lipinski definition) is 7. The first kappa shape index (κ1) is 40.5. The molecular weight excluding hydrogens is 711 g/mol. The molecule has 23 heteroatoms. The Bertz CT molecular complexity index is 1670. The first-order chi connectivity index (χ1) is 23.6. The van der Waals surface area contributed by atoms with Crippen molar-refractivity contribution in [2.75, 3.05) is 43.9 Å². The molecule has 2 fully saturated rings. The van der Waals surface area contributed by atoms with Crippen molar-refractivity contribution in [3.8, 4) is 0 Å². The maximum Gasteiger partial charge on any atom is 1.00 e. The topological polar surface area (TPSA) is 310 Å². The molecule has 3 aliphatic rings. The second kappa shape index (κ2) is 17.4. The summed E-state index contributed by atoms with van der Waals surface area (Å²) in [7, 11) is 0. The zero-order valence-electron chi connectivity index (χ0n) is 28.2. The van der Waals surface area contributed by atoms with E-state index in [4.69, 9.17) is 26.0 Å². The second-order valence-corrected chi connectivity index (χ2v) is 11.9. The van der Waals surface area contributed by atoms with Gasteiger partial charge >= 0.3 is 71.5 Å². The van der Waals surface area contributed by atoms with Gasteiger partial charge in [0, 0.05) is 36.6 Å². The van der Waals surface area contributed by atoms with Crippen molar-refractivity contribution in [1.29, 1.82) is 0 Å². The van der Waals surface area contributed by atoms with Gasteiger partial charge < -0.3 is 48.1 Å². The number of carbonyl (C=O) groups is 9. The van der Waals surface area contributed by atoms with E-state index in [-0.39, 0.29) is 73.2 Å². The largest absolute Gasteiger partial charge is 1.00 e. The molecule has 21 nitrogen and oxygen atoms in total. The predicted octanol–water partition coefficient (Wildman–Crippen LogP) is -4.96. The molecule has 3 aliphatic heterocycles. The SMILES string of the molecule is CCN1CCN(C(=O)N[C@H](C(=O)N[C@@H]2C(=O)N3C(C(=O)O)=C(COC(N)=O)CS[C@H]23)c2ccc(NC(=O)OC[C@@H](N)C(=O)O)cc2)C(=O)C1=O.[H-].[Na+]. The number of aliphatic carboxylic acids is 2. The van der Waals surface area contributed by atoms with Crippen LogP contribution in [0.5, 0.6) is 0 Å². The number of fused-ring (bicyclic) bond motifs is 1. The first-order valence-corrected chi connectivity index (χ1v) is 15.7. The third kappa shape index (κ3) is 9.26. The summed E-state index contributed by atoms with van der Waals surface area (Å²) in [6, 6.07) is -0.161. The Morgan fingerprint density at radius 3 is 2.29 bits per heavy atom. The summed E-state index contributed by atoms with van der Waals surface area (Å²) in [5, 5.41) is 24.9. The number of amides is 8. The molecule has 51 heavy (non-hydrogen) atoms. The fraction of sp³-hybridized carbons (Fsp3) is 0.393. The van der Waals surface area contributed by atoms with Gasteiger partial charge in [0.25, 0.3) is 5.91 Å². The smallest absolute Gasteiger partial charge is 1.00 e. The van der Waals surface area contributed by atoms with E-state index in [2.05, 4.69) is 16.0 Å². The van der Waals surface area contributed by atoms with Crippen molar-refractivity contribution in [3.63, 3.8) is 0 Å². The minimum atomic E-state index is -1.59. The van der Waals surface area contributed by atoms with E-state index in [1.165, 1.54) is 29.2 Å². The summed E-state index contributed by atoms with van der Waals surface area (Å²) in [4.78, 5) is 114. The van der Waals surface area contributed by atoms with Crippen LogP contribution in [0.15, 0.2) is 35.5 Å². The number of likely N-dealkylation sites (N-methyl/N-ethyl adjacent to an activating group) is 1. The van der Waals surface area contributed by atoms with Crippen LogP contribution in [0.3, 0.4) is 0 Å². The number of β-lactam (4-membered cyclic amide) rings is 1. The number of nitrogens with one attached hydrogen (secondary N) is 3. The van der Waals surface area contributed by atoms with Gasteiger partial charge in [0.15, 0.2) is 0 Å². The van der Waals surface area contributed by atoms with Gasteiger partial charge in [0.05, 0.1) is 0 Å². The number of benzene rings is 1. The fourth-order valence-electron chi connectivity index (χ4n) is 5.01. The zero-order chi connectivity index (χ0) is 36.9. The van der Waals surface area contributed by atoms with Gasteiger partial charge in [-0.3, -0.25) is 39.1 Å². The molecule has 0 saturated carbocycles. The maximum absolute atomic E-state index is 13.7. The molecule has 270 valence electrons. The van der Waals surface area contributed by atoms with E-state index in [1.54, 1.807) is 6.92 Å². The normalized spacial score (nSPS) is 19.4. The van der Waals surface area contributed by atoms with Gasteiger partial charge in [-0.1, -0.05) is 12.1 Å². The van der Waals surface area contributed by atoms with Crippen molar-refractivity contribution in [2.24, 2.45) is 11.5 Å². The van der Waals surface area contributed by atoms with Crippen LogP contribution in [0, 0.1) is 0 Å². The minimum Gasteiger partial charge on any atom is -1.00 e. The van der Waals surface area contributed by atoms with E-state index in [9.17, 15) is 48.3 Å². The summed E-state index contributed by atoms with van der Waals surface area (Å²) >= 11 is 1.07. The number of nitrogens with two attached hydrogens (primary N) is 2. The predicted molar refractivity (Wildman–Crippen MR) is 169 cm³/mol. The number of piperazine rings is 1. The van der Waals surface area contributed by atoms with Crippen LogP contribution in [-0.4, -0.2) is 135 Å². The quantitative estimate of drug-likeness (QED) is 0.0599. The Morgan fingerprint density at radius 2 is 1.71 bits per heavy atom. The van der Waals surface area contributed by atoms with Gasteiger partial charge in [-0.15, -0.1) is 11.8 Å². The van der Waals surface area contributed by atoms with Crippen molar-refractivity contribution in [2.45, 2.75) is 30.4 Å². The number of carboxylic acid groups (broad SMARTS) is 2. The molecule has 3 heterocycles. The average Bonchev–Trinajstić information content (AvgIpc) is 3.08. The number of hydrogen-bond acceptors (Lipinski definition) is 13. The third-order valence-electron chi connectivity index (χ3n) is 7.60. The van der Waals surface area contributed by atoms with Gasteiger partial charge in [-0.05, 0) is 24.6 Å². The zero-order valence-corrected chi connectivity index (χ0v) is 30.0. The standard InChI is InChI=1S/C28H32N8O13S.Na.H/c1-2-34-7-8-35(22(40)21(34)39)27(46)33-16(12-3-5-14(6-4-12)31-28(47)49-10-15(29)24(41)42)19(37)32-17-20(38)36-18(25(43)44)13(9-48-26(30)45)11-50-23(17)36;;/h3-6,15-17,23H,2,7-11,29H2,1H3,(H2,30,45)(H,31,47)(H,32,37)(H,33,46)(H,41,42)(H,43,44);;/q;+1;-1/t15-,16+,17-,23-;;/m1../s1.